The highest BCUT2D eigenvalue weighted by molar-refractivity contribution is 5.15. The molecule has 1 aromatic heterocycles. The maximum absolute atomic E-state index is 6.16. The van der Waals surface area contributed by atoms with E-state index in [2.05, 4.69) is 53.5 Å². The predicted octanol–water partition coefficient (Wildman–Crippen LogP) is 2.42. The predicted molar refractivity (Wildman–Crippen MR) is 87.1 cm³/mol. The highest BCUT2D eigenvalue weighted by Gasteiger charge is 2.29. The monoisotopic (exact) mass is 313 g/mol. The van der Waals surface area contributed by atoms with E-state index in [4.69, 9.17) is 9.47 Å². The topological polar surface area (TPSA) is 39.5 Å². The van der Waals surface area contributed by atoms with Gasteiger partial charge in [-0.1, -0.05) is 30.3 Å². The zero-order valence-electron chi connectivity index (χ0n) is 13.5. The zero-order chi connectivity index (χ0) is 15.6. The van der Waals surface area contributed by atoms with Crippen LogP contribution in [0.25, 0.3) is 0 Å². The van der Waals surface area contributed by atoms with E-state index < -0.39 is 0 Å². The second-order valence-corrected chi connectivity index (χ2v) is 6.56. The van der Waals surface area contributed by atoms with Gasteiger partial charge in [-0.05, 0) is 12.5 Å². The lowest BCUT2D eigenvalue weighted by atomic mass is 10.1. The number of nitrogens with zero attached hydrogens (tertiary/aromatic N) is 3. The molecule has 2 unspecified atom stereocenters. The number of hydrogen-bond donors (Lipinski definition) is 0. The van der Waals surface area contributed by atoms with Crippen LogP contribution in [-0.2, 0) is 16.0 Å². The average Bonchev–Trinajstić information content (AvgIpc) is 2.95. The molecule has 4 rings (SSSR count). The standard InChI is InChI=1S/C18H23N3O2/c1-14-8-20(9-15-5-3-2-4-6-15)11-18(23-14)16-7-19-21(10-16)17-12-22-13-17/h2-7,10,14,17-18H,8-9,11-13H2,1H3. The van der Waals surface area contributed by atoms with E-state index in [0.717, 1.165) is 32.8 Å². The molecule has 23 heavy (non-hydrogen) atoms. The SMILES string of the molecule is CC1CN(Cc2ccccc2)CC(c2cnn(C3COC3)c2)O1. The Balaban J connectivity index is 1.44. The lowest BCUT2D eigenvalue weighted by Crippen LogP contribution is -2.42. The molecule has 5 heteroatoms. The van der Waals surface area contributed by atoms with E-state index in [1.54, 1.807) is 0 Å². The van der Waals surface area contributed by atoms with Gasteiger partial charge in [0, 0.05) is 31.4 Å². The van der Waals surface area contributed by atoms with Crippen molar-refractivity contribution in [1.82, 2.24) is 14.7 Å². The molecule has 0 aliphatic carbocycles. The first kappa shape index (κ1) is 14.9. The Bertz CT molecular complexity index is 639. The van der Waals surface area contributed by atoms with Gasteiger partial charge in [-0.25, -0.2) is 0 Å². The number of aromatic nitrogens is 2. The van der Waals surface area contributed by atoms with E-state index in [1.807, 2.05) is 10.9 Å². The van der Waals surface area contributed by atoms with Gasteiger partial charge < -0.3 is 9.47 Å². The summed E-state index contributed by atoms with van der Waals surface area (Å²) in [5.74, 6) is 0. The molecule has 0 N–H and O–H groups in total. The molecule has 0 saturated carbocycles. The van der Waals surface area contributed by atoms with Crippen LogP contribution < -0.4 is 0 Å². The molecule has 2 fully saturated rings. The molecule has 0 bridgehead atoms. The maximum atomic E-state index is 6.16. The van der Waals surface area contributed by atoms with E-state index in [1.165, 1.54) is 11.1 Å². The van der Waals surface area contributed by atoms with Gasteiger partial charge >= 0.3 is 0 Å². The van der Waals surface area contributed by atoms with Crippen molar-refractivity contribution >= 4 is 0 Å². The van der Waals surface area contributed by atoms with E-state index in [0.29, 0.717) is 6.04 Å². The second kappa shape index (κ2) is 6.43. The highest BCUT2D eigenvalue weighted by atomic mass is 16.5. The quantitative estimate of drug-likeness (QED) is 0.869. The Morgan fingerprint density at radius 2 is 2.00 bits per heavy atom. The van der Waals surface area contributed by atoms with Gasteiger partial charge in [-0.2, -0.15) is 5.10 Å². The molecule has 2 aromatic rings. The number of benzene rings is 1. The molecule has 5 nitrogen and oxygen atoms in total. The highest BCUT2D eigenvalue weighted by Crippen LogP contribution is 2.27. The third-order valence-corrected chi connectivity index (χ3v) is 4.57. The lowest BCUT2D eigenvalue weighted by molar-refractivity contribution is -0.0816. The summed E-state index contributed by atoms with van der Waals surface area (Å²) in [6, 6.07) is 11.0. The third kappa shape index (κ3) is 3.32. The van der Waals surface area contributed by atoms with Crippen LogP contribution in [0.5, 0.6) is 0 Å². The molecule has 0 amide bonds. The van der Waals surface area contributed by atoms with Crippen molar-refractivity contribution in [2.24, 2.45) is 0 Å². The molecule has 2 atom stereocenters. The molecule has 2 aliphatic rings. The summed E-state index contributed by atoms with van der Waals surface area (Å²) in [6.45, 7) is 6.53. The summed E-state index contributed by atoms with van der Waals surface area (Å²) in [7, 11) is 0. The Kier molecular flexibility index (Phi) is 4.16. The Labute approximate surface area is 136 Å². The molecule has 3 heterocycles. The molecular weight excluding hydrogens is 290 g/mol. The van der Waals surface area contributed by atoms with Crippen molar-refractivity contribution in [3.05, 3.63) is 53.9 Å². The van der Waals surface area contributed by atoms with Gasteiger partial charge in [0.05, 0.1) is 37.7 Å². The van der Waals surface area contributed by atoms with E-state index in [-0.39, 0.29) is 12.2 Å². The van der Waals surface area contributed by atoms with Crippen LogP contribution in [0.2, 0.25) is 0 Å². The van der Waals surface area contributed by atoms with Gasteiger partial charge in [-0.15, -0.1) is 0 Å². The second-order valence-electron chi connectivity index (χ2n) is 6.56. The molecular formula is C18H23N3O2. The molecule has 0 radical (unpaired) electrons. The maximum Gasteiger partial charge on any atom is 0.0986 e. The Hall–Kier alpha value is -1.69. The minimum atomic E-state index is 0.0946. The summed E-state index contributed by atoms with van der Waals surface area (Å²) in [6.07, 6.45) is 4.39. The number of rotatable bonds is 4. The van der Waals surface area contributed by atoms with Crippen molar-refractivity contribution in [3.63, 3.8) is 0 Å². The zero-order valence-corrected chi connectivity index (χ0v) is 13.5. The molecule has 2 saturated heterocycles. The largest absolute Gasteiger partial charge is 0.377 e. The van der Waals surface area contributed by atoms with E-state index >= 15 is 0 Å². The average molecular weight is 313 g/mol. The number of ether oxygens (including phenoxy) is 2. The number of hydrogen-bond acceptors (Lipinski definition) is 4. The van der Waals surface area contributed by atoms with Crippen molar-refractivity contribution < 1.29 is 9.47 Å². The first-order chi connectivity index (χ1) is 11.3. The minimum absolute atomic E-state index is 0.0946. The molecule has 1 aromatic carbocycles. The van der Waals surface area contributed by atoms with Gasteiger partial charge in [0.2, 0.25) is 0 Å². The molecule has 2 aliphatic heterocycles. The normalized spacial score (nSPS) is 26.1. The van der Waals surface area contributed by atoms with Crippen molar-refractivity contribution in [1.29, 1.82) is 0 Å². The fourth-order valence-electron chi connectivity index (χ4n) is 3.29. The fraction of sp³-hybridized carbons (Fsp3) is 0.500. The molecule has 0 spiro atoms. The van der Waals surface area contributed by atoms with Crippen LogP contribution in [0.4, 0.5) is 0 Å². The van der Waals surface area contributed by atoms with Crippen molar-refractivity contribution in [2.75, 3.05) is 26.3 Å². The minimum Gasteiger partial charge on any atom is -0.377 e. The summed E-state index contributed by atoms with van der Waals surface area (Å²) >= 11 is 0. The van der Waals surface area contributed by atoms with Gasteiger partial charge in [0.25, 0.3) is 0 Å². The first-order valence-electron chi connectivity index (χ1n) is 8.31. The summed E-state index contributed by atoms with van der Waals surface area (Å²) in [5, 5.41) is 4.49. The number of morpholine rings is 1. The smallest absolute Gasteiger partial charge is 0.0986 e. The summed E-state index contributed by atoms with van der Waals surface area (Å²) < 4.78 is 13.4. The third-order valence-electron chi connectivity index (χ3n) is 4.57. The Morgan fingerprint density at radius 3 is 2.74 bits per heavy atom. The summed E-state index contributed by atoms with van der Waals surface area (Å²) in [4.78, 5) is 2.47. The van der Waals surface area contributed by atoms with E-state index in [9.17, 15) is 0 Å². The van der Waals surface area contributed by atoms with Gasteiger partial charge in [-0.3, -0.25) is 9.58 Å². The van der Waals surface area contributed by atoms with Gasteiger partial charge in [0.15, 0.2) is 0 Å². The Morgan fingerprint density at radius 1 is 1.17 bits per heavy atom. The van der Waals surface area contributed by atoms with Crippen LogP contribution in [0.3, 0.4) is 0 Å². The van der Waals surface area contributed by atoms with Crippen molar-refractivity contribution in [3.8, 4) is 0 Å². The van der Waals surface area contributed by atoms with Crippen LogP contribution in [0, 0.1) is 0 Å². The van der Waals surface area contributed by atoms with Crippen LogP contribution in [0.15, 0.2) is 42.7 Å². The van der Waals surface area contributed by atoms with Crippen LogP contribution >= 0.6 is 0 Å². The first-order valence-corrected chi connectivity index (χ1v) is 8.31. The van der Waals surface area contributed by atoms with Crippen LogP contribution in [0.1, 0.15) is 30.2 Å². The fourth-order valence-corrected chi connectivity index (χ4v) is 3.29. The molecule has 122 valence electrons. The van der Waals surface area contributed by atoms with Crippen LogP contribution in [-0.4, -0.2) is 47.1 Å². The van der Waals surface area contributed by atoms with Crippen molar-refractivity contribution in [2.45, 2.75) is 31.7 Å². The lowest BCUT2D eigenvalue weighted by Gasteiger charge is -2.36. The summed E-state index contributed by atoms with van der Waals surface area (Å²) in [5.41, 5.74) is 2.52. The van der Waals surface area contributed by atoms with Gasteiger partial charge in [0.1, 0.15) is 0 Å².